The number of nitro benzene ring substituents is 1. The second kappa shape index (κ2) is 6.60. The lowest BCUT2D eigenvalue weighted by Crippen LogP contribution is -2.27. The Morgan fingerprint density at radius 3 is 2.70 bits per heavy atom. The predicted molar refractivity (Wildman–Crippen MR) is 86.4 cm³/mol. The van der Waals surface area contributed by atoms with E-state index in [9.17, 15) is 14.9 Å². The largest absolute Gasteiger partial charge is 0.345 e. The first-order valence-electron chi connectivity index (χ1n) is 7.43. The second-order valence-electron chi connectivity index (χ2n) is 5.45. The van der Waals surface area contributed by atoms with Crippen LogP contribution in [0, 0.1) is 24.0 Å². The van der Waals surface area contributed by atoms with E-state index in [1.54, 1.807) is 25.3 Å². The molecule has 0 saturated heterocycles. The number of rotatable bonds is 5. The van der Waals surface area contributed by atoms with Gasteiger partial charge < -0.3 is 5.32 Å². The van der Waals surface area contributed by atoms with E-state index in [-0.39, 0.29) is 23.2 Å². The Morgan fingerprint density at radius 2 is 2.13 bits per heavy atom. The van der Waals surface area contributed by atoms with Crippen molar-refractivity contribution in [2.24, 2.45) is 0 Å². The minimum Gasteiger partial charge on any atom is -0.345 e. The van der Waals surface area contributed by atoms with Gasteiger partial charge in [0.2, 0.25) is 0 Å². The van der Waals surface area contributed by atoms with Crippen LogP contribution >= 0.6 is 0 Å². The number of nitrogens with one attached hydrogen (secondary N) is 1. The predicted octanol–water partition coefficient (Wildman–Crippen LogP) is 2.92. The normalized spacial score (nSPS) is 12.0. The van der Waals surface area contributed by atoms with Crippen LogP contribution in [0.2, 0.25) is 0 Å². The lowest BCUT2D eigenvalue weighted by molar-refractivity contribution is -0.385. The van der Waals surface area contributed by atoms with Gasteiger partial charge in [-0.3, -0.25) is 19.6 Å². The first kappa shape index (κ1) is 16.7. The zero-order valence-electron chi connectivity index (χ0n) is 13.7. The van der Waals surface area contributed by atoms with Crippen LogP contribution in [-0.2, 0) is 6.54 Å². The van der Waals surface area contributed by atoms with E-state index in [1.165, 1.54) is 6.07 Å². The van der Waals surface area contributed by atoms with Crippen LogP contribution in [0.1, 0.15) is 47.1 Å². The van der Waals surface area contributed by atoms with Gasteiger partial charge in [0.1, 0.15) is 0 Å². The molecule has 7 nitrogen and oxygen atoms in total. The van der Waals surface area contributed by atoms with Crippen molar-refractivity contribution in [3.05, 3.63) is 56.9 Å². The molecule has 1 N–H and O–H groups in total. The van der Waals surface area contributed by atoms with E-state index in [4.69, 9.17) is 0 Å². The van der Waals surface area contributed by atoms with Crippen LogP contribution in [0.5, 0.6) is 0 Å². The monoisotopic (exact) mass is 316 g/mol. The van der Waals surface area contributed by atoms with Crippen LogP contribution in [-0.4, -0.2) is 20.6 Å². The molecule has 2 aromatic rings. The smallest absolute Gasteiger partial charge is 0.273 e. The number of carbonyl (C=O) groups excluding carboxylic acids is 1. The fourth-order valence-corrected chi connectivity index (χ4v) is 2.51. The Labute approximate surface area is 134 Å². The Morgan fingerprint density at radius 1 is 1.43 bits per heavy atom. The third kappa shape index (κ3) is 3.39. The van der Waals surface area contributed by atoms with Gasteiger partial charge in [0.05, 0.1) is 17.2 Å². The number of nitrogens with zero attached hydrogens (tertiary/aromatic N) is 3. The summed E-state index contributed by atoms with van der Waals surface area (Å²) in [5.74, 6) is -0.343. The molecule has 122 valence electrons. The lowest BCUT2D eigenvalue weighted by Gasteiger charge is -2.14. The summed E-state index contributed by atoms with van der Waals surface area (Å²) in [6.07, 6.45) is 1.74. The number of nitro groups is 1. The van der Waals surface area contributed by atoms with Crippen LogP contribution in [0.4, 0.5) is 5.69 Å². The van der Waals surface area contributed by atoms with Gasteiger partial charge >= 0.3 is 0 Å². The zero-order chi connectivity index (χ0) is 17.1. The average molecular weight is 316 g/mol. The van der Waals surface area contributed by atoms with E-state index in [0.29, 0.717) is 5.56 Å². The summed E-state index contributed by atoms with van der Waals surface area (Å²) < 4.78 is 1.86. The summed E-state index contributed by atoms with van der Waals surface area (Å²) in [7, 11) is 0. The summed E-state index contributed by atoms with van der Waals surface area (Å²) in [6.45, 7) is 8.22. The molecule has 0 fully saturated rings. The molecule has 0 bridgehead atoms. The van der Waals surface area contributed by atoms with E-state index < -0.39 is 4.92 Å². The average Bonchev–Trinajstić information content (AvgIpc) is 2.88. The highest BCUT2D eigenvalue weighted by Crippen LogP contribution is 2.21. The van der Waals surface area contributed by atoms with Crippen LogP contribution in [0.3, 0.4) is 0 Å². The van der Waals surface area contributed by atoms with Crippen molar-refractivity contribution >= 4 is 11.6 Å². The SMILES string of the molecule is CCn1ncc(C(C)NC(=O)c2ccc(C)c([N+](=O)[O-])c2)c1C. The molecule has 0 saturated carbocycles. The highest BCUT2D eigenvalue weighted by atomic mass is 16.6. The zero-order valence-corrected chi connectivity index (χ0v) is 13.7. The molecule has 23 heavy (non-hydrogen) atoms. The van der Waals surface area contributed by atoms with Gasteiger partial charge in [-0.15, -0.1) is 0 Å². The fourth-order valence-electron chi connectivity index (χ4n) is 2.51. The van der Waals surface area contributed by atoms with Gasteiger partial charge in [0, 0.05) is 35.0 Å². The molecule has 0 spiro atoms. The molecule has 1 aromatic carbocycles. The maximum Gasteiger partial charge on any atom is 0.273 e. The van der Waals surface area contributed by atoms with Gasteiger partial charge in [-0.25, -0.2) is 0 Å². The first-order chi connectivity index (χ1) is 10.8. The van der Waals surface area contributed by atoms with E-state index in [1.807, 2.05) is 25.5 Å². The Kier molecular flexibility index (Phi) is 4.78. The van der Waals surface area contributed by atoms with Crippen molar-refractivity contribution in [3.8, 4) is 0 Å². The molecule has 0 aliphatic rings. The summed E-state index contributed by atoms with van der Waals surface area (Å²) in [6, 6.07) is 4.24. The maximum atomic E-state index is 12.3. The summed E-state index contributed by atoms with van der Waals surface area (Å²) in [5, 5.41) is 18.1. The van der Waals surface area contributed by atoms with Crippen LogP contribution < -0.4 is 5.32 Å². The maximum absolute atomic E-state index is 12.3. The number of amides is 1. The third-order valence-corrected chi connectivity index (χ3v) is 3.92. The van der Waals surface area contributed by atoms with Crippen LogP contribution in [0.15, 0.2) is 24.4 Å². The third-order valence-electron chi connectivity index (χ3n) is 3.92. The van der Waals surface area contributed by atoms with Crippen LogP contribution in [0.25, 0.3) is 0 Å². The Bertz CT molecular complexity index is 752. The molecule has 0 radical (unpaired) electrons. The number of hydrogen-bond donors (Lipinski definition) is 1. The lowest BCUT2D eigenvalue weighted by atomic mass is 10.1. The van der Waals surface area contributed by atoms with Crippen molar-refractivity contribution in [2.45, 2.75) is 40.3 Å². The quantitative estimate of drug-likeness (QED) is 0.678. The van der Waals surface area contributed by atoms with Gasteiger partial charge in [-0.1, -0.05) is 6.07 Å². The number of aromatic nitrogens is 2. The second-order valence-corrected chi connectivity index (χ2v) is 5.45. The van der Waals surface area contributed by atoms with Crippen molar-refractivity contribution in [3.63, 3.8) is 0 Å². The number of carbonyl (C=O) groups is 1. The number of hydrogen-bond acceptors (Lipinski definition) is 4. The molecule has 0 aliphatic carbocycles. The molecule has 1 unspecified atom stereocenters. The summed E-state index contributed by atoms with van der Waals surface area (Å²) >= 11 is 0. The molecule has 0 aliphatic heterocycles. The first-order valence-corrected chi connectivity index (χ1v) is 7.43. The summed E-state index contributed by atoms with van der Waals surface area (Å²) in [4.78, 5) is 22.8. The highest BCUT2D eigenvalue weighted by Gasteiger charge is 2.19. The molecule has 2 rings (SSSR count). The van der Waals surface area contributed by atoms with E-state index in [0.717, 1.165) is 17.8 Å². The molecule has 1 heterocycles. The molecule has 1 aromatic heterocycles. The standard InChI is InChI=1S/C16H20N4O3/c1-5-19-12(4)14(9-17-19)11(3)18-16(21)13-7-6-10(2)15(8-13)20(22)23/h6-9,11H,5H2,1-4H3,(H,18,21). The highest BCUT2D eigenvalue weighted by molar-refractivity contribution is 5.95. The van der Waals surface area contributed by atoms with Crippen molar-refractivity contribution in [2.75, 3.05) is 0 Å². The van der Waals surface area contributed by atoms with E-state index in [2.05, 4.69) is 10.4 Å². The van der Waals surface area contributed by atoms with E-state index >= 15 is 0 Å². The fraction of sp³-hybridized carbons (Fsp3) is 0.375. The van der Waals surface area contributed by atoms with Gasteiger partial charge in [0.25, 0.3) is 11.6 Å². The van der Waals surface area contributed by atoms with Crippen molar-refractivity contribution in [1.29, 1.82) is 0 Å². The number of benzene rings is 1. The van der Waals surface area contributed by atoms with Gasteiger partial charge in [-0.2, -0.15) is 5.10 Å². The molecule has 1 atom stereocenters. The van der Waals surface area contributed by atoms with Gasteiger partial charge in [-0.05, 0) is 33.8 Å². The molecule has 7 heteroatoms. The van der Waals surface area contributed by atoms with Gasteiger partial charge in [0.15, 0.2) is 0 Å². The summed E-state index contributed by atoms with van der Waals surface area (Å²) in [5.41, 5.74) is 2.67. The molecule has 1 amide bonds. The Balaban J connectivity index is 2.20. The topological polar surface area (TPSA) is 90.1 Å². The Hall–Kier alpha value is -2.70. The molecular formula is C16H20N4O3. The molecular weight excluding hydrogens is 296 g/mol. The minimum absolute atomic E-state index is 0.0553. The minimum atomic E-state index is -0.481. The van der Waals surface area contributed by atoms with Crippen molar-refractivity contribution in [1.82, 2.24) is 15.1 Å². The number of aryl methyl sites for hydroxylation is 2. The van der Waals surface area contributed by atoms with Crippen molar-refractivity contribution < 1.29 is 9.72 Å².